The van der Waals surface area contributed by atoms with Gasteiger partial charge in [-0.1, -0.05) is 20.3 Å². The van der Waals surface area contributed by atoms with Crippen molar-refractivity contribution in [2.24, 2.45) is 11.8 Å². The van der Waals surface area contributed by atoms with Gasteiger partial charge in [-0.05, 0) is 51.5 Å². The van der Waals surface area contributed by atoms with Crippen molar-refractivity contribution in [1.82, 2.24) is 5.32 Å². The predicted octanol–water partition coefficient (Wildman–Crippen LogP) is 3.22. The molecule has 0 aliphatic heterocycles. The topological polar surface area (TPSA) is 21.3 Å². The van der Waals surface area contributed by atoms with Crippen molar-refractivity contribution in [3.05, 3.63) is 0 Å². The second kappa shape index (κ2) is 7.29. The van der Waals surface area contributed by atoms with E-state index < -0.39 is 0 Å². The Morgan fingerprint density at radius 2 is 2.00 bits per heavy atom. The summed E-state index contributed by atoms with van der Waals surface area (Å²) in [6, 6.07) is 0.739. The van der Waals surface area contributed by atoms with Crippen molar-refractivity contribution in [3.8, 4) is 0 Å². The summed E-state index contributed by atoms with van der Waals surface area (Å²) in [6.07, 6.45) is 5.66. The Balaban J connectivity index is 2.07. The summed E-state index contributed by atoms with van der Waals surface area (Å²) >= 11 is 0. The molecular formula is C14H29NO. The number of hydrogen-bond donors (Lipinski definition) is 1. The van der Waals surface area contributed by atoms with Crippen LogP contribution in [0.2, 0.25) is 0 Å². The summed E-state index contributed by atoms with van der Waals surface area (Å²) in [5.41, 5.74) is 0. The molecule has 0 aromatic carbocycles. The molecule has 0 heterocycles. The number of ether oxygens (including phenoxy) is 1. The highest BCUT2D eigenvalue weighted by Crippen LogP contribution is 2.28. The monoisotopic (exact) mass is 227 g/mol. The van der Waals surface area contributed by atoms with Gasteiger partial charge >= 0.3 is 0 Å². The molecule has 96 valence electrons. The van der Waals surface area contributed by atoms with E-state index in [0.717, 1.165) is 37.5 Å². The molecule has 3 unspecified atom stereocenters. The van der Waals surface area contributed by atoms with E-state index in [0.29, 0.717) is 6.10 Å². The van der Waals surface area contributed by atoms with Crippen molar-refractivity contribution in [3.63, 3.8) is 0 Å². The van der Waals surface area contributed by atoms with Gasteiger partial charge in [-0.2, -0.15) is 0 Å². The van der Waals surface area contributed by atoms with Crippen molar-refractivity contribution in [1.29, 1.82) is 0 Å². The molecule has 0 aromatic rings. The first kappa shape index (κ1) is 14.0. The summed E-state index contributed by atoms with van der Waals surface area (Å²) in [5, 5.41) is 3.70. The summed E-state index contributed by atoms with van der Waals surface area (Å²) in [7, 11) is 0. The molecule has 1 fully saturated rings. The van der Waals surface area contributed by atoms with Gasteiger partial charge in [0.25, 0.3) is 0 Å². The molecule has 16 heavy (non-hydrogen) atoms. The summed E-state index contributed by atoms with van der Waals surface area (Å²) in [4.78, 5) is 0. The normalized spacial score (nSPS) is 30.9. The van der Waals surface area contributed by atoms with Gasteiger partial charge in [-0.15, -0.1) is 0 Å². The Bertz CT molecular complexity index is 182. The van der Waals surface area contributed by atoms with Gasteiger partial charge in [0.05, 0.1) is 6.10 Å². The molecule has 3 atom stereocenters. The standard InChI is InChI=1S/C14H29NO/c1-11(2)16-9-5-8-15-14-10-12(3)6-7-13(14)4/h11-15H,5-10H2,1-4H3. The van der Waals surface area contributed by atoms with E-state index in [2.05, 4.69) is 33.0 Å². The van der Waals surface area contributed by atoms with Crippen LogP contribution in [0.25, 0.3) is 0 Å². The Labute approximate surface area is 101 Å². The highest BCUT2D eigenvalue weighted by atomic mass is 16.5. The molecule has 0 spiro atoms. The molecule has 1 aliphatic rings. The lowest BCUT2D eigenvalue weighted by Gasteiger charge is -2.33. The molecule has 0 amide bonds. The third kappa shape index (κ3) is 5.31. The predicted molar refractivity (Wildman–Crippen MR) is 69.7 cm³/mol. The van der Waals surface area contributed by atoms with Crippen LogP contribution >= 0.6 is 0 Å². The zero-order valence-corrected chi connectivity index (χ0v) is 11.5. The fraction of sp³-hybridized carbons (Fsp3) is 1.00. The van der Waals surface area contributed by atoms with Crippen LogP contribution in [-0.2, 0) is 4.74 Å². The fourth-order valence-electron chi connectivity index (χ4n) is 2.50. The SMILES string of the molecule is CC1CCC(C)C(NCCCOC(C)C)C1. The Kier molecular flexibility index (Phi) is 6.37. The highest BCUT2D eigenvalue weighted by molar-refractivity contribution is 4.81. The Morgan fingerprint density at radius 1 is 1.25 bits per heavy atom. The average molecular weight is 227 g/mol. The molecule has 0 aromatic heterocycles. The Hall–Kier alpha value is -0.0800. The van der Waals surface area contributed by atoms with E-state index in [4.69, 9.17) is 4.74 Å². The zero-order chi connectivity index (χ0) is 12.0. The maximum Gasteiger partial charge on any atom is 0.0518 e. The van der Waals surface area contributed by atoms with Gasteiger partial charge in [-0.3, -0.25) is 0 Å². The van der Waals surface area contributed by atoms with E-state index in [1.165, 1.54) is 19.3 Å². The maximum absolute atomic E-state index is 5.54. The van der Waals surface area contributed by atoms with Crippen LogP contribution in [0.4, 0.5) is 0 Å². The van der Waals surface area contributed by atoms with Crippen LogP contribution in [-0.4, -0.2) is 25.3 Å². The Morgan fingerprint density at radius 3 is 2.69 bits per heavy atom. The molecule has 2 heteroatoms. The minimum absolute atomic E-state index is 0.369. The zero-order valence-electron chi connectivity index (χ0n) is 11.5. The van der Waals surface area contributed by atoms with Crippen molar-refractivity contribution >= 4 is 0 Å². The van der Waals surface area contributed by atoms with Crippen LogP contribution in [0.5, 0.6) is 0 Å². The van der Waals surface area contributed by atoms with Gasteiger partial charge in [0.1, 0.15) is 0 Å². The van der Waals surface area contributed by atoms with Crippen LogP contribution in [0.15, 0.2) is 0 Å². The summed E-state index contributed by atoms with van der Waals surface area (Å²) in [5.74, 6) is 1.75. The third-order valence-electron chi connectivity index (χ3n) is 3.64. The molecule has 0 saturated heterocycles. The largest absolute Gasteiger partial charge is 0.379 e. The minimum atomic E-state index is 0.369. The van der Waals surface area contributed by atoms with Crippen LogP contribution in [0, 0.1) is 11.8 Å². The number of nitrogens with one attached hydrogen (secondary N) is 1. The molecular weight excluding hydrogens is 198 g/mol. The van der Waals surface area contributed by atoms with Crippen molar-refractivity contribution < 1.29 is 4.74 Å². The molecule has 2 nitrogen and oxygen atoms in total. The smallest absolute Gasteiger partial charge is 0.0518 e. The van der Waals surface area contributed by atoms with E-state index in [1.54, 1.807) is 0 Å². The lowest BCUT2D eigenvalue weighted by atomic mass is 9.80. The van der Waals surface area contributed by atoms with E-state index in [1.807, 2.05) is 0 Å². The van der Waals surface area contributed by atoms with Crippen molar-refractivity contribution in [2.75, 3.05) is 13.2 Å². The lowest BCUT2D eigenvalue weighted by Crippen LogP contribution is -2.40. The third-order valence-corrected chi connectivity index (χ3v) is 3.64. The van der Waals surface area contributed by atoms with E-state index in [-0.39, 0.29) is 0 Å². The molecule has 1 aliphatic carbocycles. The van der Waals surface area contributed by atoms with Gasteiger partial charge in [-0.25, -0.2) is 0 Å². The van der Waals surface area contributed by atoms with Gasteiger partial charge < -0.3 is 10.1 Å². The molecule has 1 saturated carbocycles. The van der Waals surface area contributed by atoms with Crippen LogP contribution in [0.3, 0.4) is 0 Å². The van der Waals surface area contributed by atoms with Gasteiger partial charge in [0, 0.05) is 12.6 Å². The molecule has 1 rings (SSSR count). The first-order valence-electron chi connectivity index (χ1n) is 6.94. The average Bonchev–Trinajstić information content (AvgIpc) is 2.22. The van der Waals surface area contributed by atoms with Gasteiger partial charge in [0.2, 0.25) is 0 Å². The number of rotatable bonds is 6. The van der Waals surface area contributed by atoms with Crippen LogP contribution < -0.4 is 5.32 Å². The first-order valence-corrected chi connectivity index (χ1v) is 6.94. The second-order valence-corrected chi connectivity index (χ2v) is 5.73. The van der Waals surface area contributed by atoms with Crippen molar-refractivity contribution in [2.45, 2.75) is 65.5 Å². The highest BCUT2D eigenvalue weighted by Gasteiger charge is 2.24. The quantitative estimate of drug-likeness (QED) is 0.704. The first-order chi connectivity index (χ1) is 7.59. The fourth-order valence-corrected chi connectivity index (χ4v) is 2.50. The summed E-state index contributed by atoms with van der Waals surface area (Å²) in [6.45, 7) is 10.9. The summed E-state index contributed by atoms with van der Waals surface area (Å²) < 4.78 is 5.54. The second-order valence-electron chi connectivity index (χ2n) is 5.73. The number of hydrogen-bond acceptors (Lipinski definition) is 2. The molecule has 0 radical (unpaired) electrons. The molecule has 0 bridgehead atoms. The van der Waals surface area contributed by atoms with E-state index in [9.17, 15) is 0 Å². The maximum atomic E-state index is 5.54. The minimum Gasteiger partial charge on any atom is -0.379 e. The van der Waals surface area contributed by atoms with E-state index >= 15 is 0 Å². The molecule has 1 N–H and O–H groups in total. The lowest BCUT2D eigenvalue weighted by molar-refractivity contribution is 0.0757. The van der Waals surface area contributed by atoms with Gasteiger partial charge in [0.15, 0.2) is 0 Å². The van der Waals surface area contributed by atoms with Crippen LogP contribution in [0.1, 0.15) is 53.4 Å².